The Bertz CT molecular complexity index is 1050. The summed E-state index contributed by atoms with van der Waals surface area (Å²) in [6.45, 7) is 6.59. The second-order valence-electron chi connectivity index (χ2n) is 7.97. The van der Waals surface area contributed by atoms with E-state index in [1.807, 2.05) is 32.9 Å². The predicted molar refractivity (Wildman–Crippen MR) is 115 cm³/mol. The third-order valence-corrected chi connectivity index (χ3v) is 6.04. The van der Waals surface area contributed by atoms with Crippen LogP contribution < -0.4 is 5.32 Å². The Morgan fingerprint density at radius 1 is 1.27 bits per heavy atom. The van der Waals surface area contributed by atoms with Crippen LogP contribution in [0.1, 0.15) is 31.0 Å². The number of nitrogens with one attached hydrogen (secondary N) is 1. The second-order valence-corrected chi connectivity index (χ2v) is 9.15. The van der Waals surface area contributed by atoms with Crippen LogP contribution in [0.4, 0.5) is 4.39 Å². The number of carbonyl (C=O) groups is 1. The molecule has 0 unspecified atom stereocenters. The van der Waals surface area contributed by atoms with Crippen LogP contribution in [0.2, 0.25) is 0 Å². The maximum atomic E-state index is 14.5. The van der Waals surface area contributed by atoms with Gasteiger partial charge in [-0.25, -0.2) is 4.39 Å². The molecule has 1 N–H and O–H groups in total. The zero-order chi connectivity index (χ0) is 21.3. The van der Waals surface area contributed by atoms with Crippen molar-refractivity contribution in [2.45, 2.75) is 51.9 Å². The van der Waals surface area contributed by atoms with Crippen molar-refractivity contribution in [2.75, 3.05) is 13.1 Å². The molecule has 4 rings (SSSR count). The first-order chi connectivity index (χ1) is 14.4. The maximum Gasteiger partial charge on any atom is 0.228 e. The number of hydrogen-bond donors (Lipinski definition) is 1. The van der Waals surface area contributed by atoms with Crippen LogP contribution in [-0.4, -0.2) is 62.3 Å². The van der Waals surface area contributed by atoms with E-state index < -0.39 is 6.17 Å². The first-order valence-electron chi connectivity index (χ1n) is 10.1. The SMILES string of the molecule is Cc1nnc(-c2cc3cc(CC(=O)N4CC[C@@H](NC(C)C)[C@H](F)C4)ncc3cn2)s1. The smallest absolute Gasteiger partial charge is 0.228 e. The molecule has 0 aliphatic carbocycles. The molecule has 3 aromatic rings. The lowest BCUT2D eigenvalue weighted by Crippen LogP contribution is -2.54. The normalized spacial score (nSPS) is 19.6. The Hall–Kier alpha value is -2.52. The minimum atomic E-state index is -1.06. The Morgan fingerprint density at radius 2 is 2.07 bits per heavy atom. The highest BCUT2D eigenvalue weighted by atomic mass is 32.1. The molecule has 9 heteroatoms. The number of amides is 1. The van der Waals surface area contributed by atoms with E-state index in [9.17, 15) is 9.18 Å². The minimum absolute atomic E-state index is 0.0958. The van der Waals surface area contributed by atoms with E-state index in [2.05, 4.69) is 25.5 Å². The van der Waals surface area contributed by atoms with Crippen LogP contribution in [0, 0.1) is 6.92 Å². The summed E-state index contributed by atoms with van der Waals surface area (Å²) in [7, 11) is 0. The van der Waals surface area contributed by atoms with E-state index >= 15 is 0 Å². The number of fused-ring (bicyclic) bond motifs is 1. The number of rotatable bonds is 5. The molecule has 0 radical (unpaired) electrons. The molecule has 2 atom stereocenters. The highest BCUT2D eigenvalue weighted by Crippen LogP contribution is 2.25. The molecule has 1 amide bonds. The van der Waals surface area contributed by atoms with Gasteiger partial charge in [-0.1, -0.05) is 25.2 Å². The van der Waals surface area contributed by atoms with Crippen molar-refractivity contribution < 1.29 is 9.18 Å². The summed E-state index contributed by atoms with van der Waals surface area (Å²) in [6.07, 6.45) is 3.18. The first-order valence-corrected chi connectivity index (χ1v) is 10.9. The fourth-order valence-electron chi connectivity index (χ4n) is 3.71. The number of aromatic nitrogens is 4. The van der Waals surface area contributed by atoms with Crippen molar-refractivity contribution in [3.63, 3.8) is 0 Å². The fraction of sp³-hybridized carbons (Fsp3) is 0.476. The van der Waals surface area contributed by atoms with Crippen molar-refractivity contribution in [3.8, 4) is 10.7 Å². The van der Waals surface area contributed by atoms with Crippen molar-refractivity contribution in [1.29, 1.82) is 0 Å². The Morgan fingerprint density at radius 3 is 2.77 bits per heavy atom. The molecule has 0 saturated carbocycles. The van der Waals surface area contributed by atoms with Gasteiger partial charge < -0.3 is 10.2 Å². The van der Waals surface area contributed by atoms with Gasteiger partial charge in [-0.15, -0.1) is 10.2 Å². The molecule has 0 spiro atoms. The van der Waals surface area contributed by atoms with Crippen LogP contribution in [0.15, 0.2) is 24.5 Å². The summed E-state index contributed by atoms with van der Waals surface area (Å²) in [6, 6.07) is 3.86. The number of likely N-dealkylation sites (tertiary alicyclic amines) is 1. The molecule has 0 aromatic carbocycles. The van der Waals surface area contributed by atoms with E-state index in [0.29, 0.717) is 18.7 Å². The maximum absolute atomic E-state index is 14.5. The van der Waals surface area contributed by atoms with Crippen molar-refractivity contribution >= 4 is 28.0 Å². The van der Waals surface area contributed by atoms with Crippen LogP contribution in [-0.2, 0) is 11.2 Å². The Kier molecular flexibility index (Phi) is 6.01. The van der Waals surface area contributed by atoms with Gasteiger partial charge in [-0.2, -0.15) is 0 Å². The summed E-state index contributed by atoms with van der Waals surface area (Å²) >= 11 is 1.49. The molecule has 4 heterocycles. The average molecular weight is 429 g/mol. The summed E-state index contributed by atoms with van der Waals surface area (Å²) in [4.78, 5) is 23.2. The van der Waals surface area contributed by atoms with Gasteiger partial charge in [0.25, 0.3) is 0 Å². The van der Waals surface area contributed by atoms with E-state index in [1.165, 1.54) is 11.3 Å². The van der Waals surface area contributed by atoms with Crippen LogP contribution >= 0.6 is 11.3 Å². The number of hydrogen-bond acceptors (Lipinski definition) is 7. The van der Waals surface area contributed by atoms with E-state index in [0.717, 1.165) is 26.5 Å². The van der Waals surface area contributed by atoms with Gasteiger partial charge in [0.2, 0.25) is 5.91 Å². The highest BCUT2D eigenvalue weighted by molar-refractivity contribution is 7.14. The molecule has 0 bridgehead atoms. The van der Waals surface area contributed by atoms with Crippen LogP contribution in [0.5, 0.6) is 0 Å². The molecule has 158 valence electrons. The molecule has 1 fully saturated rings. The standard InChI is InChI=1S/C21H25FN6OS/c1-12(2)25-18-4-5-28(11-17(18)22)20(29)8-16-6-14-7-19(21-27-26-13(3)30-21)24-10-15(14)9-23-16/h6-7,9-10,12,17-18,25H,4-5,8,11H2,1-3H3/t17-,18-/m1/s1. The van der Waals surface area contributed by atoms with Crippen LogP contribution in [0.3, 0.4) is 0 Å². The lowest BCUT2D eigenvalue weighted by molar-refractivity contribution is -0.133. The molecule has 7 nitrogen and oxygen atoms in total. The number of piperidine rings is 1. The zero-order valence-electron chi connectivity index (χ0n) is 17.3. The average Bonchev–Trinajstić information content (AvgIpc) is 3.15. The van der Waals surface area contributed by atoms with Gasteiger partial charge in [0.05, 0.1) is 18.7 Å². The Labute approximate surface area is 178 Å². The summed E-state index contributed by atoms with van der Waals surface area (Å²) in [5, 5.41) is 14.9. The van der Waals surface area contributed by atoms with E-state index in [1.54, 1.807) is 17.3 Å². The molecular formula is C21H25FN6OS. The lowest BCUT2D eigenvalue weighted by atomic mass is 10.0. The monoisotopic (exact) mass is 428 g/mol. The lowest BCUT2D eigenvalue weighted by Gasteiger charge is -2.36. The Balaban J connectivity index is 1.46. The summed E-state index contributed by atoms with van der Waals surface area (Å²) in [5.74, 6) is -0.0958. The summed E-state index contributed by atoms with van der Waals surface area (Å²) < 4.78 is 14.5. The van der Waals surface area contributed by atoms with Crippen molar-refractivity contribution in [2.24, 2.45) is 0 Å². The quantitative estimate of drug-likeness (QED) is 0.673. The third kappa shape index (κ3) is 4.62. The number of aryl methyl sites for hydroxylation is 1. The van der Waals surface area contributed by atoms with Gasteiger partial charge in [-0.05, 0) is 30.9 Å². The van der Waals surface area contributed by atoms with Gasteiger partial charge >= 0.3 is 0 Å². The zero-order valence-corrected chi connectivity index (χ0v) is 18.1. The van der Waals surface area contributed by atoms with E-state index in [-0.39, 0.29) is 31.0 Å². The van der Waals surface area contributed by atoms with Gasteiger partial charge in [0.15, 0.2) is 5.01 Å². The second kappa shape index (κ2) is 8.69. The van der Waals surface area contributed by atoms with Gasteiger partial charge in [-0.3, -0.25) is 14.8 Å². The molecule has 1 aliphatic heterocycles. The number of carbonyl (C=O) groups excluding carboxylic acids is 1. The van der Waals surface area contributed by atoms with Crippen molar-refractivity contribution in [1.82, 2.24) is 30.4 Å². The predicted octanol–water partition coefficient (Wildman–Crippen LogP) is 2.94. The first kappa shape index (κ1) is 20.7. The minimum Gasteiger partial charge on any atom is -0.339 e. The third-order valence-electron chi connectivity index (χ3n) is 5.18. The highest BCUT2D eigenvalue weighted by Gasteiger charge is 2.31. The number of halogens is 1. The molecule has 30 heavy (non-hydrogen) atoms. The van der Waals surface area contributed by atoms with E-state index in [4.69, 9.17) is 0 Å². The topological polar surface area (TPSA) is 83.9 Å². The number of alkyl halides is 1. The molecule has 3 aromatic heterocycles. The van der Waals surface area contributed by atoms with Gasteiger partial charge in [0.1, 0.15) is 16.9 Å². The van der Waals surface area contributed by atoms with Crippen LogP contribution in [0.25, 0.3) is 21.5 Å². The van der Waals surface area contributed by atoms with Gasteiger partial charge in [0, 0.05) is 36.4 Å². The molecular weight excluding hydrogens is 403 g/mol. The fourth-order valence-corrected chi connectivity index (χ4v) is 4.37. The molecule has 1 aliphatic rings. The number of pyridine rings is 2. The summed E-state index contributed by atoms with van der Waals surface area (Å²) in [5.41, 5.74) is 1.41. The van der Waals surface area contributed by atoms with Crippen molar-refractivity contribution in [3.05, 3.63) is 35.2 Å². The largest absolute Gasteiger partial charge is 0.339 e. The molecule has 1 saturated heterocycles. The number of nitrogens with zero attached hydrogens (tertiary/aromatic N) is 5.